The van der Waals surface area contributed by atoms with Crippen molar-refractivity contribution < 1.29 is 19.1 Å². The number of likely N-dealkylation sites (N-methyl/N-ethyl adjacent to an activating group) is 1. The number of alkyl halides is 1. The van der Waals surface area contributed by atoms with Crippen molar-refractivity contribution in [2.24, 2.45) is 0 Å². The SMILES string of the molecule is CCC(F)CCCCC(=O)N(C)CC(=O)O. The highest BCUT2D eigenvalue weighted by Crippen LogP contribution is 2.10. The highest BCUT2D eigenvalue weighted by Gasteiger charge is 2.11. The molecule has 0 fully saturated rings. The maximum Gasteiger partial charge on any atom is 0.323 e. The van der Waals surface area contributed by atoms with Gasteiger partial charge in [-0.15, -0.1) is 0 Å². The summed E-state index contributed by atoms with van der Waals surface area (Å²) in [4.78, 5) is 22.9. The number of aliphatic carboxylic acids is 1. The molecule has 0 saturated carbocycles. The summed E-state index contributed by atoms with van der Waals surface area (Å²) < 4.78 is 12.8. The highest BCUT2D eigenvalue weighted by molar-refractivity contribution is 5.80. The van der Waals surface area contributed by atoms with E-state index in [-0.39, 0.29) is 12.5 Å². The zero-order chi connectivity index (χ0) is 12.6. The Morgan fingerprint density at radius 1 is 1.38 bits per heavy atom. The predicted octanol–water partition coefficient (Wildman–Crippen LogP) is 1.84. The van der Waals surface area contributed by atoms with Gasteiger partial charge in [0.05, 0.1) is 6.17 Å². The van der Waals surface area contributed by atoms with Gasteiger partial charge in [0.1, 0.15) is 6.54 Å². The molecule has 0 saturated heterocycles. The molecular formula is C11H20FNO3. The monoisotopic (exact) mass is 233 g/mol. The molecule has 0 aromatic heterocycles. The molecule has 0 aromatic rings. The third kappa shape index (κ3) is 7.20. The summed E-state index contributed by atoms with van der Waals surface area (Å²) in [6.45, 7) is 1.51. The number of hydrogen-bond acceptors (Lipinski definition) is 2. The van der Waals surface area contributed by atoms with Crippen LogP contribution in [0.3, 0.4) is 0 Å². The van der Waals surface area contributed by atoms with Gasteiger partial charge in [-0.1, -0.05) is 13.3 Å². The van der Waals surface area contributed by atoms with Crippen LogP contribution in [0.2, 0.25) is 0 Å². The molecular weight excluding hydrogens is 213 g/mol. The first-order chi connectivity index (χ1) is 7.47. The summed E-state index contributed by atoms with van der Waals surface area (Å²) in [5, 5.41) is 8.47. The first kappa shape index (κ1) is 14.9. The number of carboxylic acid groups (broad SMARTS) is 1. The summed E-state index contributed by atoms with van der Waals surface area (Å²) in [5.41, 5.74) is 0. The second-order valence-electron chi connectivity index (χ2n) is 3.89. The molecule has 16 heavy (non-hydrogen) atoms. The predicted molar refractivity (Wildman–Crippen MR) is 58.9 cm³/mol. The number of rotatable bonds is 8. The first-order valence-corrected chi connectivity index (χ1v) is 5.57. The zero-order valence-electron chi connectivity index (χ0n) is 9.91. The van der Waals surface area contributed by atoms with Crippen molar-refractivity contribution in [3.05, 3.63) is 0 Å². The number of unbranched alkanes of at least 4 members (excludes halogenated alkanes) is 1. The van der Waals surface area contributed by atoms with Crippen molar-refractivity contribution in [1.29, 1.82) is 0 Å². The summed E-state index contributed by atoms with van der Waals surface area (Å²) >= 11 is 0. The van der Waals surface area contributed by atoms with Crippen LogP contribution in [0.5, 0.6) is 0 Å². The van der Waals surface area contributed by atoms with E-state index in [4.69, 9.17) is 5.11 Å². The Kier molecular flexibility index (Phi) is 7.50. The average Bonchev–Trinajstić information content (AvgIpc) is 2.22. The standard InChI is InChI=1S/C11H20FNO3/c1-3-9(12)6-4-5-7-10(14)13(2)8-11(15)16/h9H,3-8H2,1-2H3,(H,15,16). The van der Waals surface area contributed by atoms with E-state index < -0.39 is 12.1 Å². The molecule has 5 heteroatoms. The molecule has 0 rings (SSSR count). The van der Waals surface area contributed by atoms with Crippen molar-refractivity contribution in [2.75, 3.05) is 13.6 Å². The van der Waals surface area contributed by atoms with Crippen LogP contribution in [-0.4, -0.2) is 41.6 Å². The summed E-state index contributed by atoms with van der Waals surface area (Å²) in [7, 11) is 1.46. The van der Waals surface area contributed by atoms with Crippen LogP contribution in [-0.2, 0) is 9.59 Å². The Bertz CT molecular complexity index is 233. The largest absolute Gasteiger partial charge is 0.480 e. The summed E-state index contributed by atoms with van der Waals surface area (Å²) in [5.74, 6) is -1.22. The van der Waals surface area contributed by atoms with Gasteiger partial charge in [0.2, 0.25) is 5.91 Å². The van der Waals surface area contributed by atoms with Crippen LogP contribution in [0.25, 0.3) is 0 Å². The molecule has 1 atom stereocenters. The topological polar surface area (TPSA) is 57.6 Å². The van der Waals surface area contributed by atoms with Crippen LogP contribution in [0.4, 0.5) is 4.39 Å². The van der Waals surface area contributed by atoms with E-state index in [9.17, 15) is 14.0 Å². The maximum absolute atomic E-state index is 12.8. The van der Waals surface area contributed by atoms with Crippen LogP contribution in [0.15, 0.2) is 0 Å². The lowest BCUT2D eigenvalue weighted by Gasteiger charge is -2.14. The van der Waals surface area contributed by atoms with Crippen LogP contribution in [0, 0.1) is 0 Å². The van der Waals surface area contributed by atoms with E-state index in [1.807, 2.05) is 0 Å². The van der Waals surface area contributed by atoms with Gasteiger partial charge < -0.3 is 10.0 Å². The number of carboxylic acids is 1. The highest BCUT2D eigenvalue weighted by atomic mass is 19.1. The van der Waals surface area contributed by atoms with E-state index in [0.717, 1.165) is 0 Å². The Morgan fingerprint density at radius 2 is 2.00 bits per heavy atom. The van der Waals surface area contributed by atoms with Crippen molar-refractivity contribution >= 4 is 11.9 Å². The van der Waals surface area contributed by atoms with Crippen LogP contribution >= 0.6 is 0 Å². The van der Waals surface area contributed by atoms with Crippen LogP contribution < -0.4 is 0 Å². The minimum absolute atomic E-state index is 0.200. The Hall–Kier alpha value is -1.13. The smallest absolute Gasteiger partial charge is 0.323 e. The summed E-state index contributed by atoms with van der Waals surface area (Å²) in [6.07, 6.45) is 1.77. The van der Waals surface area contributed by atoms with E-state index >= 15 is 0 Å². The van der Waals surface area contributed by atoms with Gasteiger partial charge in [0, 0.05) is 13.5 Å². The summed E-state index contributed by atoms with van der Waals surface area (Å²) in [6, 6.07) is 0. The molecule has 0 bridgehead atoms. The maximum atomic E-state index is 12.8. The molecule has 1 N–H and O–H groups in total. The molecule has 0 aliphatic rings. The van der Waals surface area contributed by atoms with Crippen LogP contribution in [0.1, 0.15) is 39.0 Å². The number of carbonyl (C=O) groups is 2. The lowest BCUT2D eigenvalue weighted by molar-refractivity contribution is -0.143. The fourth-order valence-electron chi connectivity index (χ4n) is 1.33. The number of amides is 1. The molecule has 0 heterocycles. The van der Waals surface area contributed by atoms with Gasteiger partial charge in [-0.2, -0.15) is 0 Å². The second kappa shape index (κ2) is 8.07. The normalized spacial score (nSPS) is 12.2. The Labute approximate surface area is 95.4 Å². The lowest BCUT2D eigenvalue weighted by atomic mass is 10.1. The molecule has 94 valence electrons. The van der Waals surface area contributed by atoms with Gasteiger partial charge in [-0.25, -0.2) is 4.39 Å². The molecule has 0 aliphatic heterocycles. The third-order valence-electron chi connectivity index (χ3n) is 2.40. The molecule has 0 radical (unpaired) electrons. The second-order valence-corrected chi connectivity index (χ2v) is 3.89. The van der Waals surface area contributed by atoms with Gasteiger partial charge in [0.25, 0.3) is 0 Å². The number of carbonyl (C=O) groups excluding carboxylic acids is 1. The van der Waals surface area contributed by atoms with Gasteiger partial charge in [-0.05, 0) is 19.3 Å². The van der Waals surface area contributed by atoms with E-state index in [0.29, 0.717) is 32.1 Å². The fraction of sp³-hybridized carbons (Fsp3) is 0.818. The molecule has 4 nitrogen and oxygen atoms in total. The van der Waals surface area contributed by atoms with Crippen molar-refractivity contribution in [3.8, 4) is 0 Å². The van der Waals surface area contributed by atoms with Gasteiger partial charge >= 0.3 is 5.97 Å². The van der Waals surface area contributed by atoms with E-state index in [1.54, 1.807) is 6.92 Å². The van der Waals surface area contributed by atoms with E-state index in [2.05, 4.69) is 0 Å². The minimum Gasteiger partial charge on any atom is -0.480 e. The molecule has 1 unspecified atom stereocenters. The van der Waals surface area contributed by atoms with Crippen molar-refractivity contribution in [1.82, 2.24) is 4.90 Å². The molecule has 0 aromatic carbocycles. The number of nitrogens with zero attached hydrogens (tertiary/aromatic N) is 1. The molecule has 1 amide bonds. The zero-order valence-corrected chi connectivity index (χ0v) is 9.91. The van der Waals surface area contributed by atoms with E-state index in [1.165, 1.54) is 11.9 Å². The Balaban J connectivity index is 3.61. The van der Waals surface area contributed by atoms with Gasteiger partial charge in [0.15, 0.2) is 0 Å². The third-order valence-corrected chi connectivity index (χ3v) is 2.40. The number of halogens is 1. The average molecular weight is 233 g/mol. The number of hydrogen-bond donors (Lipinski definition) is 1. The van der Waals surface area contributed by atoms with Crippen molar-refractivity contribution in [2.45, 2.75) is 45.2 Å². The lowest BCUT2D eigenvalue weighted by Crippen LogP contribution is -2.31. The molecule has 0 spiro atoms. The first-order valence-electron chi connectivity index (χ1n) is 5.57. The molecule has 0 aliphatic carbocycles. The minimum atomic E-state index is -1.02. The quantitative estimate of drug-likeness (QED) is 0.651. The van der Waals surface area contributed by atoms with Crippen molar-refractivity contribution in [3.63, 3.8) is 0 Å². The van der Waals surface area contributed by atoms with Gasteiger partial charge in [-0.3, -0.25) is 9.59 Å². The Morgan fingerprint density at radius 3 is 2.50 bits per heavy atom. The fourth-order valence-corrected chi connectivity index (χ4v) is 1.33.